The third-order valence-electron chi connectivity index (χ3n) is 5.52. The second kappa shape index (κ2) is 11.0. The van der Waals surface area contributed by atoms with E-state index in [0.717, 1.165) is 10.9 Å². The van der Waals surface area contributed by atoms with Gasteiger partial charge in [0.1, 0.15) is 5.69 Å². The fraction of sp³-hybridized carbons (Fsp3) is 0.455. The number of aromatic nitrogens is 1. The molecule has 33 heavy (non-hydrogen) atoms. The number of likely N-dealkylation sites (tertiary alicyclic amines) is 1. The number of rotatable bonds is 6. The third kappa shape index (κ3) is 6.38. The van der Waals surface area contributed by atoms with Crippen LogP contribution in [-0.2, 0) is 21.4 Å². The number of carbonyl (C=O) groups is 4. The smallest absolute Gasteiger partial charge is 0.409 e. The Morgan fingerprint density at radius 1 is 1.06 bits per heavy atom. The van der Waals surface area contributed by atoms with Gasteiger partial charge in [0.2, 0.25) is 11.8 Å². The van der Waals surface area contributed by atoms with E-state index in [1.165, 1.54) is 0 Å². The molecule has 0 spiro atoms. The summed E-state index contributed by atoms with van der Waals surface area (Å²) in [7, 11) is 1.74. The molecule has 2 heterocycles. The first kappa shape index (κ1) is 24.4. The molecule has 3 N–H and O–H groups in total. The van der Waals surface area contributed by atoms with E-state index >= 15 is 0 Å². The molecule has 1 aliphatic rings. The van der Waals surface area contributed by atoms with Crippen molar-refractivity contribution in [2.75, 3.05) is 19.7 Å². The zero-order valence-electron chi connectivity index (χ0n) is 18.7. The van der Waals surface area contributed by atoms with Crippen LogP contribution in [-0.4, -0.2) is 59.0 Å². The molecule has 10 nitrogen and oxygen atoms in total. The van der Waals surface area contributed by atoms with E-state index in [9.17, 15) is 19.2 Å². The number of hydrazine groups is 1. The highest BCUT2D eigenvalue weighted by Gasteiger charge is 2.24. The number of ether oxygens (including phenoxy) is 1. The molecule has 0 unspecified atom stereocenters. The number of hydrogen-bond acceptors (Lipinski definition) is 5. The normalized spacial score (nSPS) is 14.1. The Kier molecular flexibility index (Phi) is 8.16. The van der Waals surface area contributed by atoms with Crippen LogP contribution in [0.3, 0.4) is 0 Å². The van der Waals surface area contributed by atoms with Crippen LogP contribution in [0.15, 0.2) is 24.3 Å². The zero-order valence-corrected chi connectivity index (χ0v) is 19.4. The van der Waals surface area contributed by atoms with E-state index in [2.05, 4.69) is 16.2 Å². The van der Waals surface area contributed by atoms with Crippen molar-refractivity contribution in [3.05, 3.63) is 35.0 Å². The minimum absolute atomic E-state index is 0.00761. The van der Waals surface area contributed by atoms with Gasteiger partial charge in [-0.05, 0) is 44.0 Å². The SMILES string of the molecule is CCOC(=O)N1CCC(NC(=O)CCC(=O)NNC(=O)c2cc3cc(Cl)ccc3n2C)CC1. The summed E-state index contributed by atoms with van der Waals surface area (Å²) in [5.74, 6) is -1.20. The number of hydrogen-bond donors (Lipinski definition) is 3. The Morgan fingerprint density at radius 2 is 1.76 bits per heavy atom. The Hall–Kier alpha value is -3.27. The molecule has 1 aromatic carbocycles. The van der Waals surface area contributed by atoms with Gasteiger partial charge in [0.25, 0.3) is 5.91 Å². The molecule has 0 atom stereocenters. The molecular formula is C22H28ClN5O5. The first-order valence-electron chi connectivity index (χ1n) is 10.8. The predicted octanol–water partition coefficient (Wildman–Crippen LogP) is 2.11. The van der Waals surface area contributed by atoms with Gasteiger partial charge in [0.15, 0.2) is 0 Å². The van der Waals surface area contributed by atoms with Crippen LogP contribution in [0.5, 0.6) is 0 Å². The van der Waals surface area contributed by atoms with Crippen molar-refractivity contribution in [2.24, 2.45) is 7.05 Å². The highest BCUT2D eigenvalue weighted by Crippen LogP contribution is 2.22. The maximum absolute atomic E-state index is 12.4. The van der Waals surface area contributed by atoms with Crippen LogP contribution in [0.25, 0.3) is 10.9 Å². The Labute approximate surface area is 196 Å². The van der Waals surface area contributed by atoms with Crippen molar-refractivity contribution in [3.63, 3.8) is 0 Å². The summed E-state index contributed by atoms with van der Waals surface area (Å²) in [6.45, 7) is 3.11. The van der Waals surface area contributed by atoms with Gasteiger partial charge in [0, 0.05) is 54.9 Å². The Morgan fingerprint density at radius 3 is 2.45 bits per heavy atom. The van der Waals surface area contributed by atoms with E-state index in [-0.39, 0.29) is 30.9 Å². The van der Waals surface area contributed by atoms with Crippen molar-refractivity contribution in [2.45, 2.75) is 38.6 Å². The van der Waals surface area contributed by atoms with Gasteiger partial charge in [-0.3, -0.25) is 25.2 Å². The number of benzene rings is 1. The van der Waals surface area contributed by atoms with Gasteiger partial charge < -0.3 is 19.5 Å². The van der Waals surface area contributed by atoms with Gasteiger partial charge in [-0.15, -0.1) is 0 Å². The number of nitrogens with zero attached hydrogens (tertiary/aromatic N) is 2. The number of halogens is 1. The minimum Gasteiger partial charge on any atom is -0.450 e. The standard InChI is InChI=1S/C22H28ClN5O5/c1-3-33-22(32)28-10-8-16(9-11-28)24-19(29)6-7-20(30)25-26-21(31)18-13-14-12-15(23)4-5-17(14)27(18)2/h4-5,12-13,16H,3,6-11H2,1-2H3,(H,24,29)(H,25,30)(H,26,31). The molecule has 0 radical (unpaired) electrons. The summed E-state index contributed by atoms with van der Waals surface area (Å²) in [4.78, 5) is 50.0. The van der Waals surface area contributed by atoms with Gasteiger partial charge in [-0.1, -0.05) is 11.6 Å². The Balaban J connectivity index is 1.38. The number of aryl methyl sites for hydroxylation is 1. The van der Waals surface area contributed by atoms with Gasteiger partial charge >= 0.3 is 6.09 Å². The monoisotopic (exact) mass is 477 g/mol. The molecule has 2 aromatic rings. The van der Waals surface area contributed by atoms with Gasteiger partial charge in [-0.25, -0.2) is 4.79 Å². The van der Waals surface area contributed by atoms with E-state index in [1.54, 1.807) is 41.6 Å². The molecule has 1 aromatic heterocycles. The summed E-state index contributed by atoms with van der Waals surface area (Å²) in [5, 5.41) is 4.26. The molecule has 178 valence electrons. The van der Waals surface area contributed by atoms with E-state index in [4.69, 9.17) is 16.3 Å². The van der Waals surface area contributed by atoms with Crippen molar-refractivity contribution < 1.29 is 23.9 Å². The lowest BCUT2D eigenvalue weighted by atomic mass is 10.1. The molecule has 1 aliphatic heterocycles. The molecular weight excluding hydrogens is 450 g/mol. The molecule has 0 aliphatic carbocycles. The zero-order chi connectivity index (χ0) is 24.0. The van der Waals surface area contributed by atoms with Crippen molar-refractivity contribution in [1.82, 2.24) is 25.6 Å². The van der Waals surface area contributed by atoms with Crippen molar-refractivity contribution in [1.29, 1.82) is 0 Å². The molecule has 3 rings (SSSR count). The quantitative estimate of drug-likeness (QED) is 0.550. The van der Waals surface area contributed by atoms with E-state index in [0.29, 0.717) is 43.3 Å². The number of carbonyl (C=O) groups excluding carboxylic acids is 4. The van der Waals surface area contributed by atoms with Crippen LogP contribution in [0.2, 0.25) is 5.02 Å². The van der Waals surface area contributed by atoms with Gasteiger partial charge in [0.05, 0.1) is 6.61 Å². The van der Waals surface area contributed by atoms with Crippen LogP contribution in [0.1, 0.15) is 43.1 Å². The summed E-state index contributed by atoms with van der Waals surface area (Å²) >= 11 is 5.99. The lowest BCUT2D eigenvalue weighted by Gasteiger charge is -2.31. The fourth-order valence-corrected chi connectivity index (χ4v) is 3.92. The number of nitrogens with one attached hydrogen (secondary N) is 3. The van der Waals surface area contributed by atoms with Crippen molar-refractivity contribution in [3.8, 4) is 0 Å². The predicted molar refractivity (Wildman–Crippen MR) is 123 cm³/mol. The van der Waals surface area contributed by atoms with Gasteiger partial charge in [-0.2, -0.15) is 0 Å². The molecule has 1 fully saturated rings. The van der Waals surface area contributed by atoms with Crippen LogP contribution in [0.4, 0.5) is 4.79 Å². The second-order valence-electron chi connectivity index (χ2n) is 7.82. The topological polar surface area (TPSA) is 122 Å². The first-order valence-corrected chi connectivity index (χ1v) is 11.2. The average molecular weight is 478 g/mol. The maximum atomic E-state index is 12.4. The van der Waals surface area contributed by atoms with E-state index < -0.39 is 11.8 Å². The highest BCUT2D eigenvalue weighted by atomic mass is 35.5. The lowest BCUT2D eigenvalue weighted by Crippen LogP contribution is -2.47. The Bertz CT molecular complexity index is 1050. The maximum Gasteiger partial charge on any atom is 0.409 e. The summed E-state index contributed by atoms with van der Waals surface area (Å²) in [6, 6.07) is 6.94. The largest absolute Gasteiger partial charge is 0.450 e. The lowest BCUT2D eigenvalue weighted by molar-refractivity contribution is -0.127. The fourth-order valence-electron chi connectivity index (χ4n) is 3.74. The number of amides is 4. The first-order chi connectivity index (χ1) is 15.8. The summed E-state index contributed by atoms with van der Waals surface area (Å²) < 4.78 is 6.68. The van der Waals surface area contributed by atoms with Crippen molar-refractivity contribution >= 4 is 46.3 Å². The molecule has 4 amide bonds. The molecule has 0 bridgehead atoms. The average Bonchev–Trinajstić information content (AvgIpc) is 3.12. The minimum atomic E-state index is -0.476. The number of piperidine rings is 1. The van der Waals surface area contributed by atoms with Crippen LogP contribution in [0, 0.1) is 0 Å². The summed E-state index contributed by atoms with van der Waals surface area (Å²) in [5.41, 5.74) is 5.90. The molecule has 11 heteroatoms. The van der Waals surface area contributed by atoms with E-state index in [1.807, 2.05) is 6.07 Å². The second-order valence-corrected chi connectivity index (χ2v) is 8.26. The number of fused-ring (bicyclic) bond motifs is 1. The summed E-state index contributed by atoms with van der Waals surface area (Å²) in [6.07, 6.45) is 0.838. The third-order valence-corrected chi connectivity index (χ3v) is 5.75. The molecule has 0 saturated carbocycles. The van der Waals surface area contributed by atoms with Crippen LogP contribution < -0.4 is 16.2 Å². The molecule has 1 saturated heterocycles. The van der Waals surface area contributed by atoms with Crippen LogP contribution >= 0.6 is 11.6 Å². The highest BCUT2D eigenvalue weighted by molar-refractivity contribution is 6.31.